The molecule has 1 unspecified atom stereocenters. The zero-order chi connectivity index (χ0) is 35.1. The van der Waals surface area contributed by atoms with Gasteiger partial charge in [0, 0.05) is 5.92 Å². The Morgan fingerprint density at radius 3 is 2.00 bits per heavy atom. The minimum atomic E-state index is 0.000373. The molecule has 0 aromatic heterocycles. The van der Waals surface area contributed by atoms with Gasteiger partial charge in [-0.2, -0.15) is 0 Å². The first kappa shape index (κ1) is 32.2. The van der Waals surface area contributed by atoms with Crippen LogP contribution in [0.4, 0.5) is 0 Å². The number of benzene rings is 6. The molecule has 0 N–H and O–H groups in total. The van der Waals surface area contributed by atoms with Crippen LogP contribution in [-0.2, 0) is 18.3 Å². The fraction of sp³-hybridized carbons (Fsp3) is 0.154. The molecule has 0 heterocycles. The van der Waals surface area contributed by atoms with Crippen molar-refractivity contribution in [1.82, 2.24) is 0 Å². The van der Waals surface area contributed by atoms with Gasteiger partial charge in [0.1, 0.15) is 0 Å². The first-order chi connectivity index (χ1) is 25.5. The van der Waals surface area contributed by atoms with Crippen molar-refractivity contribution in [2.45, 2.75) is 50.9 Å². The first-order valence-electron chi connectivity index (χ1n) is 18.8. The first-order valence-corrected chi connectivity index (χ1v) is 18.8. The van der Waals surface area contributed by atoms with Gasteiger partial charge in [-0.1, -0.05) is 190 Å². The lowest BCUT2D eigenvalue weighted by Crippen LogP contribution is -2.19. The minimum absolute atomic E-state index is 0.000373. The molecule has 252 valence electrons. The maximum absolute atomic E-state index is 2.53. The summed E-state index contributed by atoms with van der Waals surface area (Å²) in [6.07, 6.45) is 18.1. The summed E-state index contributed by atoms with van der Waals surface area (Å²) in [4.78, 5) is 0. The van der Waals surface area contributed by atoms with Crippen molar-refractivity contribution in [3.63, 3.8) is 0 Å². The quantitative estimate of drug-likeness (QED) is 0.171. The molecule has 0 fully saturated rings. The van der Waals surface area contributed by atoms with Gasteiger partial charge in [0.2, 0.25) is 0 Å². The highest BCUT2D eigenvalue weighted by Crippen LogP contribution is 2.43. The van der Waals surface area contributed by atoms with Crippen molar-refractivity contribution in [3.8, 4) is 33.4 Å². The zero-order valence-corrected chi connectivity index (χ0v) is 30.1. The highest BCUT2D eigenvalue weighted by atomic mass is 14.3. The van der Waals surface area contributed by atoms with Gasteiger partial charge in [-0.05, 0) is 115 Å². The highest BCUT2D eigenvalue weighted by molar-refractivity contribution is 5.85. The maximum atomic E-state index is 2.53. The van der Waals surface area contributed by atoms with E-state index in [9.17, 15) is 0 Å². The lowest BCUT2D eigenvalue weighted by molar-refractivity contribution is 0.529. The van der Waals surface area contributed by atoms with Crippen molar-refractivity contribution in [1.29, 1.82) is 0 Å². The van der Waals surface area contributed by atoms with E-state index >= 15 is 0 Å². The summed E-state index contributed by atoms with van der Waals surface area (Å²) >= 11 is 0. The maximum Gasteiger partial charge on any atom is 0.00618 e. The molecule has 3 aliphatic rings. The molecule has 9 rings (SSSR count). The summed E-state index contributed by atoms with van der Waals surface area (Å²) in [5, 5.41) is 0. The fourth-order valence-electron chi connectivity index (χ4n) is 8.64. The second-order valence-corrected chi connectivity index (χ2v) is 15.4. The molecular weight excluding hydrogens is 625 g/mol. The van der Waals surface area contributed by atoms with Crippen LogP contribution in [0.15, 0.2) is 176 Å². The molecule has 0 nitrogen and oxygen atoms in total. The number of allylic oxidation sites excluding steroid dienone is 8. The van der Waals surface area contributed by atoms with Crippen LogP contribution in [0, 0.1) is 0 Å². The molecule has 0 radical (unpaired) electrons. The average Bonchev–Trinajstić information content (AvgIpc) is 3.59. The van der Waals surface area contributed by atoms with Crippen molar-refractivity contribution in [2.75, 3.05) is 0 Å². The van der Waals surface area contributed by atoms with Gasteiger partial charge < -0.3 is 0 Å². The molecule has 1 atom stereocenters. The second kappa shape index (κ2) is 13.4. The number of hydrogen-bond acceptors (Lipinski definition) is 0. The smallest absolute Gasteiger partial charge is 0.00618 e. The van der Waals surface area contributed by atoms with Crippen molar-refractivity contribution in [3.05, 3.63) is 215 Å². The van der Waals surface area contributed by atoms with E-state index < -0.39 is 0 Å². The fourth-order valence-corrected chi connectivity index (χ4v) is 8.64. The molecule has 0 heteroatoms. The van der Waals surface area contributed by atoms with E-state index in [1.807, 2.05) is 0 Å². The Morgan fingerprint density at radius 2 is 1.23 bits per heavy atom. The third kappa shape index (κ3) is 6.13. The topological polar surface area (TPSA) is 0 Å². The van der Waals surface area contributed by atoms with Gasteiger partial charge in [-0.25, -0.2) is 0 Å². The van der Waals surface area contributed by atoms with E-state index in [0.717, 1.165) is 25.7 Å². The molecule has 0 aliphatic heterocycles. The van der Waals surface area contributed by atoms with Gasteiger partial charge >= 0.3 is 0 Å². The van der Waals surface area contributed by atoms with E-state index in [-0.39, 0.29) is 5.41 Å². The van der Waals surface area contributed by atoms with Crippen LogP contribution in [0.2, 0.25) is 0 Å². The van der Waals surface area contributed by atoms with Crippen molar-refractivity contribution < 1.29 is 0 Å². The van der Waals surface area contributed by atoms with E-state index in [4.69, 9.17) is 0 Å². The summed E-state index contributed by atoms with van der Waals surface area (Å²) in [7, 11) is 0. The van der Waals surface area contributed by atoms with E-state index in [0.29, 0.717) is 5.92 Å². The Kier molecular flexibility index (Phi) is 8.32. The molecule has 0 saturated heterocycles. The third-order valence-corrected chi connectivity index (χ3v) is 11.5. The number of rotatable bonds is 5. The summed E-state index contributed by atoms with van der Waals surface area (Å²) in [5.41, 5.74) is 20.5. The van der Waals surface area contributed by atoms with Gasteiger partial charge in [0.15, 0.2) is 0 Å². The predicted molar refractivity (Wildman–Crippen MR) is 221 cm³/mol. The molecule has 0 amide bonds. The molecule has 0 saturated carbocycles. The lowest BCUT2D eigenvalue weighted by Gasteiger charge is -2.29. The van der Waals surface area contributed by atoms with Crippen LogP contribution >= 0.6 is 0 Å². The third-order valence-electron chi connectivity index (χ3n) is 11.5. The standard InChI is InChI=1S/C52H44/c1-52(2)30-29-37(42-26-28-50-46(33-42)34-45-32-41(25-27-49(45)50)36-13-5-3-6-14-36)17-11-18-39-23-24-43(35-51(39)52)40-19-12-20-44(31-40)48-22-10-9-21-47(48)38-15-7-4-8-16-38/h3-17,19-29,32-33,35,40H,18,30-31,34H2,1-2H3/b17-11-,37-29+. The van der Waals surface area contributed by atoms with Crippen LogP contribution in [0.25, 0.3) is 44.5 Å². The molecule has 3 aliphatic carbocycles. The van der Waals surface area contributed by atoms with E-state index in [1.54, 1.807) is 0 Å². The molecule has 52 heavy (non-hydrogen) atoms. The molecule has 0 bridgehead atoms. The Morgan fingerprint density at radius 1 is 0.558 bits per heavy atom. The van der Waals surface area contributed by atoms with Gasteiger partial charge in [-0.3, -0.25) is 0 Å². The summed E-state index contributed by atoms with van der Waals surface area (Å²) < 4.78 is 0. The largest absolute Gasteiger partial charge is 0.0795 e. The summed E-state index contributed by atoms with van der Waals surface area (Å²) in [6, 6.07) is 51.8. The normalized spacial score (nSPS) is 18.8. The number of fused-ring (bicyclic) bond motifs is 4. The Labute approximate surface area is 309 Å². The van der Waals surface area contributed by atoms with Gasteiger partial charge in [0.05, 0.1) is 0 Å². The summed E-state index contributed by atoms with van der Waals surface area (Å²) in [6.45, 7) is 4.85. The molecule has 6 aromatic carbocycles. The van der Waals surface area contributed by atoms with Crippen molar-refractivity contribution in [2.24, 2.45) is 0 Å². The van der Waals surface area contributed by atoms with Crippen molar-refractivity contribution >= 4 is 11.1 Å². The van der Waals surface area contributed by atoms with Crippen LogP contribution in [0.1, 0.15) is 71.6 Å². The van der Waals surface area contributed by atoms with Crippen LogP contribution in [0.5, 0.6) is 0 Å². The molecule has 6 aromatic rings. The Bertz CT molecular complexity index is 2410. The average molecular weight is 669 g/mol. The second-order valence-electron chi connectivity index (χ2n) is 15.4. The van der Waals surface area contributed by atoms with Crippen LogP contribution in [0.3, 0.4) is 0 Å². The Hall–Kier alpha value is -5.72. The van der Waals surface area contributed by atoms with Gasteiger partial charge in [0.25, 0.3) is 0 Å². The van der Waals surface area contributed by atoms with Gasteiger partial charge in [-0.15, -0.1) is 0 Å². The number of hydrogen-bond donors (Lipinski definition) is 0. The molecular formula is C52H44. The summed E-state index contributed by atoms with van der Waals surface area (Å²) in [5.74, 6) is 0.346. The van der Waals surface area contributed by atoms with E-state index in [2.05, 4.69) is 190 Å². The van der Waals surface area contributed by atoms with Crippen LogP contribution < -0.4 is 0 Å². The monoisotopic (exact) mass is 668 g/mol. The highest BCUT2D eigenvalue weighted by Gasteiger charge is 2.26. The lowest BCUT2D eigenvalue weighted by atomic mass is 9.75. The zero-order valence-electron chi connectivity index (χ0n) is 30.1. The Balaban J connectivity index is 0.962. The molecule has 0 spiro atoms. The van der Waals surface area contributed by atoms with E-state index in [1.165, 1.54) is 83.5 Å². The minimum Gasteiger partial charge on any atom is -0.0795 e. The predicted octanol–water partition coefficient (Wildman–Crippen LogP) is 13.6. The van der Waals surface area contributed by atoms with Crippen LogP contribution in [-0.4, -0.2) is 0 Å². The SMILES string of the molecule is CC1(C)C/C=C(c2ccc3c(c2)Cc2cc(-c4ccccc4)ccc2-3)\C=C/Cc2ccc(C3C=CC=C(c4ccccc4-c4ccccc4)C3)cc21.